The van der Waals surface area contributed by atoms with Crippen LogP contribution in [0.1, 0.15) is 39.2 Å². The Morgan fingerprint density at radius 2 is 1.87 bits per heavy atom. The molecular weight excluding hydrogens is 537 g/mol. The van der Waals surface area contributed by atoms with Gasteiger partial charge in [0.15, 0.2) is 0 Å². The van der Waals surface area contributed by atoms with Gasteiger partial charge in [-0.2, -0.15) is 13.2 Å². The molecule has 2 fully saturated rings. The summed E-state index contributed by atoms with van der Waals surface area (Å²) in [5.74, 6) is -0.653. The van der Waals surface area contributed by atoms with Gasteiger partial charge in [-0.05, 0) is 59.1 Å². The summed E-state index contributed by atoms with van der Waals surface area (Å²) in [6, 6.07) is 2.40. The molecule has 3 heterocycles. The number of nitrogens with zero attached hydrogens (tertiary/aromatic N) is 3. The monoisotopic (exact) mass is 567 g/mol. The van der Waals surface area contributed by atoms with Crippen molar-refractivity contribution in [2.75, 3.05) is 31.7 Å². The number of hydrogen-bond donors (Lipinski definition) is 2. The van der Waals surface area contributed by atoms with Gasteiger partial charge in [-0.3, -0.25) is 0 Å². The summed E-state index contributed by atoms with van der Waals surface area (Å²) < 4.78 is 74.5. The first-order valence-electron chi connectivity index (χ1n) is 12.5. The number of carbonyl (C=O) groups excluding carboxylic acids is 1. The van der Waals surface area contributed by atoms with Gasteiger partial charge in [0.2, 0.25) is 5.95 Å². The maximum absolute atomic E-state index is 14.5. The molecule has 5 rings (SSSR count). The summed E-state index contributed by atoms with van der Waals surface area (Å²) in [6.45, 7) is 9.35. The number of likely N-dealkylation sites (tertiary alicyclic amines) is 1. The van der Waals surface area contributed by atoms with E-state index in [2.05, 4.69) is 20.3 Å². The summed E-state index contributed by atoms with van der Waals surface area (Å²) in [4.78, 5) is 24.8. The van der Waals surface area contributed by atoms with Crippen LogP contribution in [0.25, 0.3) is 22.2 Å². The smallest absolute Gasteiger partial charge is 0.419 e. The molecule has 1 saturated carbocycles. The Bertz CT molecular complexity index is 1490. The van der Waals surface area contributed by atoms with Crippen molar-refractivity contribution in [2.24, 2.45) is 5.41 Å². The number of nitrogens with one attached hydrogen (secondary N) is 2. The Hall–Kier alpha value is -3.14. The number of carbonyl (C=O) groups is 1. The Balaban J connectivity index is 1.37. The van der Waals surface area contributed by atoms with Gasteiger partial charge in [0.1, 0.15) is 24.1 Å². The number of anilines is 1. The number of ether oxygens (including phenoxy) is 1. The maximum atomic E-state index is 14.5. The van der Waals surface area contributed by atoms with Crippen molar-refractivity contribution in [1.29, 1.82) is 0 Å². The molecule has 39 heavy (non-hydrogen) atoms. The van der Waals surface area contributed by atoms with Gasteiger partial charge in [0, 0.05) is 47.9 Å². The van der Waals surface area contributed by atoms with Crippen molar-refractivity contribution in [3.8, 4) is 11.3 Å². The Kier molecular flexibility index (Phi) is 6.29. The van der Waals surface area contributed by atoms with Gasteiger partial charge in [0.05, 0.1) is 16.5 Å². The lowest BCUT2D eigenvalue weighted by molar-refractivity contribution is -0.137. The lowest BCUT2D eigenvalue weighted by Gasteiger charge is -2.58. The Morgan fingerprint density at radius 1 is 1.21 bits per heavy atom. The first kappa shape index (κ1) is 27.4. The van der Waals surface area contributed by atoms with E-state index in [1.54, 1.807) is 4.90 Å². The number of aromatic amines is 1. The molecule has 1 aliphatic heterocycles. The van der Waals surface area contributed by atoms with Gasteiger partial charge < -0.3 is 24.5 Å². The van der Waals surface area contributed by atoms with Gasteiger partial charge in [-0.25, -0.2) is 19.2 Å². The van der Waals surface area contributed by atoms with E-state index >= 15 is 0 Å². The van der Waals surface area contributed by atoms with E-state index in [0.29, 0.717) is 25.9 Å². The molecule has 0 atom stereocenters. The average molecular weight is 568 g/mol. The van der Waals surface area contributed by atoms with Gasteiger partial charge >= 0.3 is 12.3 Å². The minimum absolute atomic E-state index is 0.0366. The second-order valence-electron chi connectivity index (χ2n) is 11.9. The van der Waals surface area contributed by atoms with Crippen molar-refractivity contribution in [2.45, 2.75) is 51.4 Å². The lowest BCUT2D eigenvalue weighted by atomic mass is 9.61. The molecular formula is C26H30F4N5O3P. The van der Waals surface area contributed by atoms with Gasteiger partial charge in [-0.1, -0.05) is 0 Å². The van der Waals surface area contributed by atoms with Crippen LogP contribution in [0.15, 0.2) is 24.5 Å². The molecule has 1 amide bonds. The topological polar surface area (TPSA) is 100 Å². The van der Waals surface area contributed by atoms with Crippen LogP contribution in [-0.2, 0) is 15.5 Å². The molecule has 1 spiro atoms. The molecule has 0 radical (unpaired) electrons. The Morgan fingerprint density at radius 3 is 2.46 bits per heavy atom. The fraction of sp³-hybridized carbons (Fsp3) is 0.500. The second kappa shape index (κ2) is 8.94. The van der Waals surface area contributed by atoms with Crippen molar-refractivity contribution >= 4 is 35.4 Å². The first-order valence-corrected chi connectivity index (χ1v) is 15.1. The van der Waals surface area contributed by atoms with E-state index in [0.717, 1.165) is 12.3 Å². The highest BCUT2D eigenvalue weighted by Gasteiger charge is 2.54. The lowest BCUT2D eigenvalue weighted by Crippen LogP contribution is -2.66. The van der Waals surface area contributed by atoms with Crippen LogP contribution < -0.4 is 10.6 Å². The SMILES string of the molecule is CC(C)(C)OC(=O)N1CC2(CC(Nc3ncc(C(F)(F)F)c(-c4c[nH]c5c(P(C)(C)=O)c(F)ccc45)n3)C2)C1. The normalized spacial score (nSPS) is 17.7. The molecule has 13 heteroatoms. The number of amides is 1. The van der Waals surface area contributed by atoms with Crippen LogP contribution in [-0.4, -0.2) is 64.0 Å². The number of hydrogen-bond acceptors (Lipinski definition) is 6. The van der Waals surface area contributed by atoms with E-state index in [1.807, 2.05) is 20.8 Å². The molecule has 1 aliphatic carbocycles. The summed E-state index contributed by atoms with van der Waals surface area (Å²) in [5, 5.41) is 3.35. The quantitative estimate of drug-likeness (QED) is 0.304. The van der Waals surface area contributed by atoms with E-state index in [-0.39, 0.29) is 51.0 Å². The van der Waals surface area contributed by atoms with Crippen LogP contribution in [0.3, 0.4) is 0 Å². The number of fused-ring (bicyclic) bond motifs is 1. The maximum Gasteiger partial charge on any atom is 0.419 e. The van der Waals surface area contributed by atoms with E-state index in [4.69, 9.17) is 4.74 Å². The number of alkyl halides is 3. The number of aromatic nitrogens is 3. The summed E-state index contributed by atoms with van der Waals surface area (Å²) in [5.41, 5.74) is -1.73. The molecule has 210 valence electrons. The predicted octanol–water partition coefficient (Wildman–Crippen LogP) is 5.84. The zero-order valence-electron chi connectivity index (χ0n) is 22.2. The third-order valence-corrected chi connectivity index (χ3v) is 8.58. The summed E-state index contributed by atoms with van der Waals surface area (Å²) in [7, 11) is -3.09. The number of H-pyrrole nitrogens is 1. The predicted molar refractivity (Wildman–Crippen MR) is 140 cm³/mol. The largest absolute Gasteiger partial charge is 0.444 e. The van der Waals surface area contributed by atoms with Crippen molar-refractivity contribution in [1.82, 2.24) is 19.9 Å². The average Bonchev–Trinajstić information content (AvgIpc) is 3.14. The van der Waals surface area contributed by atoms with E-state index < -0.39 is 30.3 Å². The molecule has 1 aromatic carbocycles. The van der Waals surface area contributed by atoms with Crippen LogP contribution >= 0.6 is 7.14 Å². The van der Waals surface area contributed by atoms with Crippen LogP contribution in [0.2, 0.25) is 0 Å². The third kappa shape index (κ3) is 5.23. The highest BCUT2D eigenvalue weighted by Crippen LogP contribution is 2.50. The molecule has 3 aromatic rings. The van der Waals surface area contributed by atoms with E-state index in [9.17, 15) is 26.9 Å². The fourth-order valence-electron chi connectivity index (χ4n) is 5.49. The molecule has 1 saturated heterocycles. The summed E-state index contributed by atoms with van der Waals surface area (Å²) >= 11 is 0. The fourth-order valence-corrected chi connectivity index (χ4v) is 6.80. The summed E-state index contributed by atoms with van der Waals surface area (Å²) in [6.07, 6.45) is -1.61. The number of benzene rings is 1. The first-order chi connectivity index (χ1) is 18.0. The van der Waals surface area contributed by atoms with Gasteiger partial charge in [0.25, 0.3) is 0 Å². The molecule has 0 unspecified atom stereocenters. The second-order valence-corrected chi connectivity index (χ2v) is 15.1. The number of halogens is 4. The van der Waals surface area contributed by atoms with Crippen molar-refractivity contribution < 1.29 is 31.7 Å². The zero-order chi connectivity index (χ0) is 28.5. The molecule has 0 bridgehead atoms. The van der Waals surface area contributed by atoms with Gasteiger partial charge in [-0.15, -0.1) is 0 Å². The zero-order valence-corrected chi connectivity index (χ0v) is 23.1. The van der Waals surface area contributed by atoms with Crippen molar-refractivity contribution in [3.63, 3.8) is 0 Å². The molecule has 2 aliphatic rings. The molecule has 2 aromatic heterocycles. The van der Waals surface area contributed by atoms with Crippen LogP contribution in [0.5, 0.6) is 0 Å². The molecule has 2 N–H and O–H groups in total. The standard InChI is InChI=1S/C26H30F4N5O3P/c1-24(2,3)38-23(36)35-12-25(13-35)8-14(9-25)33-22-32-11-17(26(28,29)30)19(34-22)16-10-31-20-15(16)6-7-18(27)21(20)39(4,5)37/h6-7,10-11,14,31H,8-9,12-13H2,1-5H3,(H,32,33,34). The van der Waals surface area contributed by atoms with Crippen LogP contribution in [0, 0.1) is 11.2 Å². The highest BCUT2D eigenvalue weighted by atomic mass is 31.2. The third-order valence-electron chi connectivity index (χ3n) is 7.06. The highest BCUT2D eigenvalue weighted by molar-refractivity contribution is 7.70. The minimum atomic E-state index is -4.73. The van der Waals surface area contributed by atoms with Crippen molar-refractivity contribution in [3.05, 3.63) is 35.9 Å². The number of rotatable bonds is 4. The van der Waals surface area contributed by atoms with E-state index in [1.165, 1.54) is 25.6 Å². The Labute approximate surface area is 222 Å². The minimum Gasteiger partial charge on any atom is -0.444 e. The molecule has 8 nitrogen and oxygen atoms in total. The van der Waals surface area contributed by atoms with Crippen LogP contribution in [0.4, 0.5) is 28.3 Å².